The summed E-state index contributed by atoms with van der Waals surface area (Å²) in [6.45, 7) is 2.36. The zero-order valence-corrected chi connectivity index (χ0v) is 14.1. The molecule has 1 aliphatic heterocycles. The molecule has 0 aromatic heterocycles. The van der Waals surface area contributed by atoms with Crippen LogP contribution in [0.15, 0.2) is 47.4 Å². The first kappa shape index (κ1) is 16.4. The summed E-state index contributed by atoms with van der Waals surface area (Å²) in [6, 6.07) is 13.4. The first-order chi connectivity index (χ1) is 11.6. The largest absolute Gasteiger partial charge is 0.484 e. The SMILES string of the molecule is Cc1ccc(OCC(=O)NCc2ccc3c(c2)NC(=O)CS3)cc1. The van der Waals surface area contributed by atoms with Crippen molar-refractivity contribution in [2.24, 2.45) is 0 Å². The molecule has 0 bridgehead atoms. The third-order valence-corrected chi connectivity index (χ3v) is 4.63. The van der Waals surface area contributed by atoms with Gasteiger partial charge in [0.25, 0.3) is 5.91 Å². The number of nitrogens with one attached hydrogen (secondary N) is 2. The highest BCUT2D eigenvalue weighted by atomic mass is 32.2. The van der Waals surface area contributed by atoms with Gasteiger partial charge in [0, 0.05) is 11.4 Å². The molecule has 2 N–H and O–H groups in total. The molecule has 2 aromatic rings. The fourth-order valence-corrected chi connectivity index (χ4v) is 3.06. The lowest BCUT2D eigenvalue weighted by molar-refractivity contribution is -0.123. The molecule has 5 nitrogen and oxygen atoms in total. The third kappa shape index (κ3) is 4.29. The van der Waals surface area contributed by atoms with Gasteiger partial charge in [-0.1, -0.05) is 23.8 Å². The lowest BCUT2D eigenvalue weighted by atomic mass is 10.2. The number of amides is 2. The molecule has 3 rings (SSSR count). The van der Waals surface area contributed by atoms with Crippen LogP contribution in [0.1, 0.15) is 11.1 Å². The summed E-state index contributed by atoms with van der Waals surface area (Å²) in [5, 5.41) is 5.66. The Labute approximate surface area is 144 Å². The molecule has 0 aliphatic carbocycles. The summed E-state index contributed by atoms with van der Waals surface area (Å²) >= 11 is 1.52. The molecule has 0 spiro atoms. The maximum atomic E-state index is 11.9. The van der Waals surface area contributed by atoms with E-state index in [1.54, 1.807) is 0 Å². The Morgan fingerprint density at radius 1 is 1.25 bits per heavy atom. The summed E-state index contributed by atoms with van der Waals surface area (Å²) in [6.07, 6.45) is 0. The molecule has 0 radical (unpaired) electrons. The van der Waals surface area contributed by atoms with E-state index in [2.05, 4.69) is 10.6 Å². The van der Waals surface area contributed by atoms with Crippen molar-refractivity contribution in [2.45, 2.75) is 18.4 Å². The number of fused-ring (bicyclic) bond motifs is 1. The van der Waals surface area contributed by atoms with Gasteiger partial charge in [-0.05, 0) is 36.8 Å². The number of thioether (sulfide) groups is 1. The molecule has 0 saturated heterocycles. The van der Waals surface area contributed by atoms with E-state index in [4.69, 9.17) is 4.74 Å². The number of rotatable bonds is 5. The van der Waals surface area contributed by atoms with Crippen molar-refractivity contribution in [3.63, 3.8) is 0 Å². The van der Waals surface area contributed by atoms with Gasteiger partial charge in [0.15, 0.2) is 6.61 Å². The second-order valence-corrected chi connectivity index (χ2v) is 6.56. The van der Waals surface area contributed by atoms with Crippen LogP contribution in [-0.2, 0) is 16.1 Å². The highest BCUT2D eigenvalue weighted by Crippen LogP contribution is 2.31. The number of hydrogen-bond donors (Lipinski definition) is 2. The second kappa shape index (κ2) is 7.40. The van der Waals surface area contributed by atoms with E-state index in [9.17, 15) is 9.59 Å². The molecule has 0 saturated carbocycles. The van der Waals surface area contributed by atoms with Crippen LogP contribution in [0, 0.1) is 6.92 Å². The van der Waals surface area contributed by atoms with E-state index in [0.29, 0.717) is 18.0 Å². The van der Waals surface area contributed by atoms with Gasteiger partial charge in [0.05, 0.1) is 11.4 Å². The van der Waals surface area contributed by atoms with Gasteiger partial charge in [-0.2, -0.15) is 0 Å². The van der Waals surface area contributed by atoms with Crippen molar-refractivity contribution in [2.75, 3.05) is 17.7 Å². The van der Waals surface area contributed by atoms with E-state index in [1.165, 1.54) is 11.8 Å². The van der Waals surface area contributed by atoms with Crippen molar-refractivity contribution < 1.29 is 14.3 Å². The normalized spacial score (nSPS) is 13.0. The number of ether oxygens (including phenoxy) is 1. The minimum atomic E-state index is -0.188. The second-order valence-electron chi connectivity index (χ2n) is 5.55. The minimum Gasteiger partial charge on any atom is -0.484 e. The topological polar surface area (TPSA) is 67.4 Å². The van der Waals surface area contributed by atoms with Crippen LogP contribution < -0.4 is 15.4 Å². The van der Waals surface area contributed by atoms with Crippen molar-refractivity contribution in [3.05, 3.63) is 53.6 Å². The van der Waals surface area contributed by atoms with Gasteiger partial charge < -0.3 is 15.4 Å². The molecule has 1 heterocycles. The minimum absolute atomic E-state index is 0.000170. The number of hydrogen-bond acceptors (Lipinski definition) is 4. The lowest BCUT2D eigenvalue weighted by Crippen LogP contribution is -2.28. The molecular formula is C18H18N2O3S. The number of anilines is 1. The Kier molecular flexibility index (Phi) is 5.05. The molecule has 0 unspecified atom stereocenters. The summed E-state index contributed by atoms with van der Waals surface area (Å²) in [5.74, 6) is 0.926. The summed E-state index contributed by atoms with van der Waals surface area (Å²) < 4.78 is 5.44. The number of aryl methyl sites for hydroxylation is 1. The maximum Gasteiger partial charge on any atom is 0.258 e. The Hall–Kier alpha value is -2.47. The Morgan fingerprint density at radius 2 is 2.04 bits per heavy atom. The van der Waals surface area contributed by atoms with Crippen molar-refractivity contribution in [1.29, 1.82) is 0 Å². The molecule has 0 fully saturated rings. The molecular weight excluding hydrogens is 324 g/mol. The van der Waals surface area contributed by atoms with E-state index in [1.807, 2.05) is 49.4 Å². The van der Waals surface area contributed by atoms with E-state index in [0.717, 1.165) is 21.7 Å². The third-order valence-electron chi connectivity index (χ3n) is 3.56. The van der Waals surface area contributed by atoms with Crippen LogP contribution in [0.3, 0.4) is 0 Å². The quantitative estimate of drug-likeness (QED) is 0.877. The average Bonchev–Trinajstić information content (AvgIpc) is 2.59. The summed E-state index contributed by atoms with van der Waals surface area (Å²) in [5.41, 5.74) is 2.88. The highest BCUT2D eigenvalue weighted by Gasteiger charge is 2.15. The van der Waals surface area contributed by atoms with Crippen LogP contribution in [0.4, 0.5) is 5.69 Å². The van der Waals surface area contributed by atoms with Crippen LogP contribution in [0.5, 0.6) is 5.75 Å². The number of carbonyl (C=O) groups is 2. The molecule has 124 valence electrons. The van der Waals surface area contributed by atoms with Gasteiger partial charge in [-0.25, -0.2) is 0 Å². The van der Waals surface area contributed by atoms with Gasteiger partial charge in [-0.3, -0.25) is 9.59 Å². The smallest absolute Gasteiger partial charge is 0.258 e. The standard InChI is InChI=1S/C18H18N2O3S/c1-12-2-5-14(6-3-12)23-10-17(21)19-9-13-4-7-16-15(8-13)20-18(22)11-24-16/h2-8H,9-11H2,1H3,(H,19,21)(H,20,22). The molecule has 2 aromatic carbocycles. The van der Waals surface area contributed by atoms with Crippen molar-refractivity contribution in [3.8, 4) is 5.75 Å². The van der Waals surface area contributed by atoms with Gasteiger partial charge >= 0.3 is 0 Å². The molecule has 6 heteroatoms. The molecule has 1 aliphatic rings. The maximum absolute atomic E-state index is 11.9. The first-order valence-electron chi connectivity index (χ1n) is 7.62. The van der Waals surface area contributed by atoms with Gasteiger partial charge in [0.2, 0.25) is 5.91 Å². The van der Waals surface area contributed by atoms with Crippen molar-refractivity contribution in [1.82, 2.24) is 5.32 Å². The Bertz CT molecular complexity index is 759. The predicted octanol–water partition coefficient (Wildman–Crippen LogP) is 2.73. The van der Waals surface area contributed by atoms with Crippen LogP contribution >= 0.6 is 11.8 Å². The van der Waals surface area contributed by atoms with E-state index < -0.39 is 0 Å². The van der Waals surface area contributed by atoms with Gasteiger partial charge in [-0.15, -0.1) is 11.8 Å². The monoisotopic (exact) mass is 342 g/mol. The van der Waals surface area contributed by atoms with Crippen LogP contribution in [-0.4, -0.2) is 24.2 Å². The predicted molar refractivity (Wildman–Crippen MR) is 94.3 cm³/mol. The van der Waals surface area contributed by atoms with Crippen LogP contribution in [0.25, 0.3) is 0 Å². The molecule has 24 heavy (non-hydrogen) atoms. The van der Waals surface area contributed by atoms with Gasteiger partial charge in [0.1, 0.15) is 5.75 Å². The summed E-state index contributed by atoms with van der Waals surface area (Å²) in [4.78, 5) is 24.4. The molecule has 0 atom stereocenters. The average molecular weight is 342 g/mol. The molecule has 2 amide bonds. The lowest BCUT2D eigenvalue weighted by Gasteiger charge is -2.17. The first-order valence-corrected chi connectivity index (χ1v) is 8.60. The van der Waals surface area contributed by atoms with E-state index in [-0.39, 0.29) is 18.4 Å². The van der Waals surface area contributed by atoms with Crippen molar-refractivity contribution >= 4 is 29.3 Å². The number of carbonyl (C=O) groups excluding carboxylic acids is 2. The van der Waals surface area contributed by atoms with E-state index >= 15 is 0 Å². The Morgan fingerprint density at radius 3 is 2.83 bits per heavy atom. The fourth-order valence-electron chi connectivity index (χ4n) is 2.28. The fraction of sp³-hybridized carbons (Fsp3) is 0.222. The zero-order valence-electron chi connectivity index (χ0n) is 13.3. The number of benzene rings is 2. The Balaban J connectivity index is 1.50. The highest BCUT2D eigenvalue weighted by molar-refractivity contribution is 8.00. The van der Waals surface area contributed by atoms with Crippen LogP contribution in [0.2, 0.25) is 0 Å². The zero-order chi connectivity index (χ0) is 16.9. The summed E-state index contributed by atoms with van der Waals surface area (Å²) in [7, 11) is 0.